The number of hydrogen-bond acceptors (Lipinski definition) is 3. The predicted molar refractivity (Wildman–Crippen MR) is 67.0 cm³/mol. The standard InChI is InChI=1S/C10H14BrFN2O2S/c1-2-14(8-4-6-11)17(15,16)10-9(12)5-3-7-13-10/h3,5,7H,2,4,6,8H2,1H3. The first-order valence-corrected chi connectivity index (χ1v) is 7.76. The first-order valence-electron chi connectivity index (χ1n) is 5.20. The summed E-state index contributed by atoms with van der Waals surface area (Å²) in [6, 6.07) is 2.46. The van der Waals surface area contributed by atoms with Gasteiger partial charge in [0.2, 0.25) is 5.03 Å². The molecule has 0 atom stereocenters. The Bertz CT molecular complexity index is 467. The van der Waals surface area contributed by atoms with Crippen LogP contribution in [0.15, 0.2) is 23.4 Å². The molecule has 17 heavy (non-hydrogen) atoms. The van der Waals surface area contributed by atoms with E-state index in [1.165, 1.54) is 16.6 Å². The average Bonchev–Trinajstić information content (AvgIpc) is 2.30. The third-order valence-electron chi connectivity index (χ3n) is 2.20. The minimum atomic E-state index is -3.83. The molecule has 4 nitrogen and oxygen atoms in total. The van der Waals surface area contributed by atoms with E-state index in [0.29, 0.717) is 24.8 Å². The van der Waals surface area contributed by atoms with Crippen LogP contribution < -0.4 is 0 Å². The van der Waals surface area contributed by atoms with Crippen LogP contribution in [0.2, 0.25) is 0 Å². The first-order chi connectivity index (χ1) is 8.04. The minimum Gasteiger partial charge on any atom is -0.241 e. The maximum atomic E-state index is 13.4. The molecule has 0 amide bonds. The molecule has 0 aliphatic rings. The summed E-state index contributed by atoms with van der Waals surface area (Å²) in [5.41, 5.74) is 0. The molecule has 0 aromatic carbocycles. The van der Waals surface area contributed by atoms with Crippen LogP contribution in [0, 0.1) is 5.82 Å². The molecule has 0 aliphatic heterocycles. The van der Waals surface area contributed by atoms with Crippen LogP contribution in [0.3, 0.4) is 0 Å². The van der Waals surface area contributed by atoms with Gasteiger partial charge in [-0.3, -0.25) is 0 Å². The van der Waals surface area contributed by atoms with E-state index in [1.54, 1.807) is 6.92 Å². The quantitative estimate of drug-likeness (QED) is 0.752. The van der Waals surface area contributed by atoms with Crippen molar-refractivity contribution in [2.45, 2.75) is 18.4 Å². The van der Waals surface area contributed by atoms with E-state index in [-0.39, 0.29) is 0 Å². The average molecular weight is 325 g/mol. The third kappa shape index (κ3) is 3.46. The van der Waals surface area contributed by atoms with Crippen LogP contribution in [0.25, 0.3) is 0 Å². The van der Waals surface area contributed by atoms with E-state index in [9.17, 15) is 12.8 Å². The largest absolute Gasteiger partial charge is 0.263 e. The molecule has 0 radical (unpaired) electrons. The molecule has 1 aromatic rings. The van der Waals surface area contributed by atoms with E-state index >= 15 is 0 Å². The number of pyridine rings is 1. The molecule has 1 aromatic heterocycles. The molecule has 7 heteroatoms. The van der Waals surface area contributed by atoms with E-state index in [4.69, 9.17) is 0 Å². The van der Waals surface area contributed by atoms with Gasteiger partial charge < -0.3 is 0 Å². The van der Waals surface area contributed by atoms with Crippen molar-refractivity contribution >= 4 is 26.0 Å². The van der Waals surface area contributed by atoms with Gasteiger partial charge in [0.25, 0.3) is 10.0 Å². The molecule has 0 N–H and O–H groups in total. The molecule has 0 saturated heterocycles. The van der Waals surface area contributed by atoms with Crippen molar-refractivity contribution in [3.05, 3.63) is 24.1 Å². The summed E-state index contributed by atoms with van der Waals surface area (Å²) >= 11 is 3.23. The Kier molecular flexibility index (Phi) is 5.48. The van der Waals surface area contributed by atoms with Gasteiger partial charge in [-0.2, -0.15) is 4.31 Å². The smallest absolute Gasteiger partial charge is 0.241 e. The summed E-state index contributed by atoms with van der Waals surface area (Å²) in [6.45, 7) is 2.36. The number of nitrogens with zero attached hydrogens (tertiary/aromatic N) is 2. The van der Waals surface area contributed by atoms with Gasteiger partial charge in [0.15, 0.2) is 5.82 Å². The maximum Gasteiger partial charge on any atom is 0.263 e. The summed E-state index contributed by atoms with van der Waals surface area (Å²) in [5, 5.41) is 0.195. The van der Waals surface area contributed by atoms with Gasteiger partial charge in [-0.15, -0.1) is 0 Å². The molecular formula is C10H14BrFN2O2S. The van der Waals surface area contributed by atoms with Crippen LogP contribution in [0.4, 0.5) is 4.39 Å². The van der Waals surface area contributed by atoms with Gasteiger partial charge in [0, 0.05) is 24.6 Å². The lowest BCUT2D eigenvalue weighted by atomic mass is 10.5. The Hall–Kier alpha value is -0.530. The summed E-state index contributed by atoms with van der Waals surface area (Å²) in [7, 11) is -3.83. The zero-order chi connectivity index (χ0) is 12.9. The van der Waals surface area contributed by atoms with E-state index in [0.717, 1.165) is 6.07 Å². The van der Waals surface area contributed by atoms with Gasteiger partial charge in [-0.05, 0) is 18.6 Å². The van der Waals surface area contributed by atoms with Gasteiger partial charge in [-0.25, -0.2) is 17.8 Å². The number of aromatic nitrogens is 1. The number of hydrogen-bond donors (Lipinski definition) is 0. The minimum absolute atomic E-state index is 0.297. The van der Waals surface area contributed by atoms with Gasteiger partial charge in [-0.1, -0.05) is 22.9 Å². The SMILES string of the molecule is CCN(CCCBr)S(=O)(=O)c1ncccc1F. The lowest BCUT2D eigenvalue weighted by Crippen LogP contribution is -2.33. The molecule has 1 heterocycles. The summed E-state index contributed by atoms with van der Waals surface area (Å²) in [5.74, 6) is -0.815. The van der Waals surface area contributed by atoms with Crippen molar-refractivity contribution in [3.63, 3.8) is 0 Å². The normalized spacial score (nSPS) is 12.0. The topological polar surface area (TPSA) is 50.3 Å². The lowest BCUT2D eigenvalue weighted by Gasteiger charge is -2.19. The number of rotatable bonds is 6. The number of alkyl halides is 1. The van der Waals surface area contributed by atoms with Crippen molar-refractivity contribution < 1.29 is 12.8 Å². The van der Waals surface area contributed by atoms with Gasteiger partial charge in [0.05, 0.1) is 0 Å². The van der Waals surface area contributed by atoms with E-state index in [1.807, 2.05) is 0 Å². The van der Waals surface area contributed by atoms with E-state index in [2.05, 4.69) is 20.9 Å². The highest BCUT2D eigenvalue weighted by atomic mass is 79.9. The van der Waals surface area contributed by atoms with Crippen molar-refractivity contribution in [3.8, 4) is 0 Å². The Morgan fingerprint density at radius 3 is 2.76 bits per heavy atom. The third-order valence-corrected chi connectivity index (χ3v) is 4.67. The van der Waals surface area contributed by atoms with Crippen LogP contribution in [0.5, 0.6) is 0 Å². The summed E-state index contributed by atoms with van der Waals surface area (Å²) < 4.78 is 38.8. The fourth-order valence-electron chi connectivity index (χ4n) is 1.37. The molecule has 0 unspecified atom stereocenters. The monoisotopic (exact) mass is 324 g/mol. The molecule has 0 bridgehead atoms. The van der Waals surface area contributed by atoms with Crippen LogP contribution in [-0.4, -0.2) is 36.1 Å². The Labute approximate surface area is 109 Å². The number of halogens is 2. The molecular weight excluding hydrogens is 311 g/mol. The molecule has 0 fully saturated rings. The van der Waals surface area contributed by atoms with Crippen molar-refractivity contribution in [2.24, 2.45) is 0 Å². The lowest BCUT2D eigenvalue weighted by molar-refractivity contribution is 0.420. The molecule has 0 aliphatic carbocycles. The van der Waals surface area contributed by atoms with Gasteiger partial charge >= 0.3 is 0 Å². The second-order valence-electron chi connectivity index (χ2n) is 3.33. The van der Waals surface area contributed by atoms with Crippen molar-refractivity contribution in [1.82, 2.24) is 9.29 Å². The summed E-state index contributed by atoms with van der Waals surface area (Å²) in [6.07, 6.45) is 1.94. The van der Waals surface area contributed by atoms with E-state index < -0.39 is 20.9 Å². The second-order valence-corrected chi connectivity index (χ2v) is 5.98. The fourth-order valence-corrected chi connectivity index (χ4v) is 3.08. The Morgan fingerprint density at radius 2 is 2.24 bits per heavy atom. The predicted octanol–water partition coefficient (Wildman–Crippen LogP) is 2.02. The molecule has 1 rings (SSSR count). The highest BCUT2D eigenvalue weighted by molar-refractivity contribution is 9.09. The maximum absolute atomic E-state index is 13.4. The zero-order valence-corrected chi connectivity index (χ0v) is 11.8. The number of sulfonamides is 1. The highest BCUT2D eigenvalue weighted by Crippen LogP contribution is 2.16. The Balaban J connectivity index is 3.05. The van der Waals surface area contributed by atoms with Gasteiger partial charge in [0.1, 0.15) is 0 Å². The molecule has 0 spiro atoms. The van der Waals surface area contributed by atoms with Crippen LogP contribution in [-0.2, 0) is 10.0 Å². The van der Waals surface area contributed by atoms with Crippen molar-refractivity contribution in [2.75, 3.05) is 18.4 Å². The fraction of sp³-hybridized carbons (Fsp3) is 0.500. The summed E-state index contributed by atoms with van der Waals surface area (Å²) in [4.78, 5) is 3.61. The van der Waals surface area contributed by atoms with Crippen molar-refractivity contribution in [1.29, 1.82) is 0 Å². The molecule has 96 valence electrons. The van der Waals surface area contributed by atoms with Crippen LogP contribution in [0.1, 0.15) is 13.3 Å². The first kappa shape index (κ1) is 14.5. The Morgan fingerprint density at radius 1 is 1.53 bits per heavy atom. The molecule has 0 saturated carbocycles. The zero-order valence-electron chi connectivity index (χ0n) is 9.44. The highest BCUT2D eigenvalue weighted by Gasteiger charge is 2.26. The van der Waals surface area contributed by atoms with Crippen LogP contribution >= 0.6 is 15.9 Å². The second kappa shape index (κ2) is 6.42.